The number of amides is 1. The Bertz CT molecular complexity index is 1680. The Hall–Kier alpha value is -3.00. The number of likely N-dealkylation sites (N-methyl/N-ethyl adjacent to an activating group) is 1. The summed E-state index contributed by atoms with van der Waals surface area (Å²) in [6, 6.07) is 9.18. The van der Waals surface area contributed by atoms with E-state index in [4.69, 9.17) is 4.74 Å². The smallest absolute Gasteiger partial charge is 0.309 e. The van der Waals surface area contributed by atoms with Gasteiger partial charge in [0, 0.05) is 36.4 Å². The molecule has 1 amide bonds. The van der Waals surface area contributed by atoms with Crippen molar-refractivity contribution in [3.05, 3.63) is 47.0 Å². The summed E-state index contributed by atoms with van der Waals surface area (Å²) >= 11 is 0. The average Bonchev–Trinajstić information content (AvgIpc) is 3.39. The van der Waals surface area contributed by atoms with E-state index in [1.54, 1.807) is 37.9 Å². The fourth-order valence-electron chi connectivity index (χ4n) is 13.2. The molecule has 0 radical (unpaired) electrons. The summed E-state index contributed by atoms with van der Waals surface area (Å²) in [6.45, 7) is 19.6. The molecule has 8 heteroatoms. The van der Waals surface area contributed by atoms with E-state index in [1.165, 1.54) is 5.57 Å². The molecule has 0 aliphatic heterocycles. The number of rotatable bonds is 9. The summed E-state index contributed by atoms with van der Waals surface area (Å²) in [7, 11) is 1.75. The van der Waals surface area contributed by atoms with Crippen LogP contribution >= 0.6 is 0 Å². The molecule has 6 rings (SSSR count). The zero-order chi connectivity index (χ0) is 39.1. The lowest BCUT2D eigenvalue weighted by molar-refractivity contribution is -0.235. The molecule has 9 atom stereocenters. The Labute approximate surface area is 317 Å². The van der Waals surface area contributed by atoms with Gasteiger partial charge in [0.25, 0.3) is 5.91 Å². The fraction of sp³-hybridized carbons (Fsp3) is 0.733. The predicted molar refractivity (Wildman–Crippen MR) is 205 cm³/mol. The Morgan fingerprint density at radius 1 is 0.906 bits per heavy atom. The molecule has 0 saturated heterocycles. The number of fused-ring (bicyclic) bond motifs is 7. The molecule has 5 aliphatic carbocycles. The highest BCUT2D eigenvalue weighted by atomic mass is 16.5. The molecule has 8 nitrogen and oxygen atoms in total. The molecule has 1 aromatic rings. The first-order valence-corrected chi connectivity index (χ1v) is 20.3. The summed E-state index contributed by atoms with van der Waals surface area (Å²) < 4.78 is 6.16. The van der Waals surface area contributed by atoms with Gasteiger partial charge >= 0.3 is 11.9 Å². The number of Topliss-reactive ketones (excluding diaryl/α,β-unsaturated/α-hetero) is 1. The summed E-state index contributed by atoms with van der Waals surface area (Å²) in [6.07, 6.45) is 6.48. The van der Waals surface area contributed by atoms with Gasteiger partial charge in [-0.3, -0.25) is 19.2 Å². The molecule has 0 aromatic heterocycles. The number of allylic oxidation sites excluding steroid dienone is 1. The third-order valence-electron chi connectivity index (χ3n) is 16.3. The third kappa shape index (κ3) is 6.03. The molecule has 292 valence electrons. The van der Waals surface area contributed by atoms with Gasteiger partial charge in [0.2, 0.25) is 0 Å². The molecule has 4 fully saturated rings. The summed E-state index contributed by atoms with van der Waals surface area (Å²) in [5, 5.41) is 21.9. The second-order valence-electron chi connectivity index (χ2n) is 20.1. The normalized spacial score (nSPS) is 36.9. The van der Waals surface area contributed by atoms with Crippen molar-refractivity contribution in [2.24, 2.45) is 56.2 Å². The maximum atomic E-state index is 14.1. The Morgan fingerprint density at radius 3 is 2.19 bits per heavy atom. The molecule has 1 aromatic carbocycles. The minimum atomic E-state index is -1.18. The number of aliphatic carboxylic acids is 1. The van der Waals surface area contributed by atoms with Crippen LogP contribution in [0.25, 0.3) is 0 Å². The number of benzene rings is 1. The van der Waals surface area contributed by atoms with Gasteiger partial charge < -0.3 is 19.8 Å². The molecular weight excluding hydrogens is 666 g/mol. The second kappa shape index (κ2) is 13.3. The molecule has 2 N–H and O–H groups in total. The number of ketones is 1. The number of hydrogen-bond donors (Lipinski definition) is 2. The lowest BCUT2D eigenvalue weighted by Crippen LogP contribution is -2.66. The van der Waals surface area contributed by atoms with Crippen LogP contribution in [0.15, 0.2) is 41.5 Å². The highest BCUT2D eigenvalue weighted by Crippen LogP contribution is 2.77. The van der Waals surface area contributed by atoms with Gasteiger partial charge in [-0.25, -0.2) is 0 Å². The van der Waals surface area contributed by atoms with Crippen molar-refractivity contribution >= 4 is 23.6 Å². The van der Waals surface area contributed by atoms with Crippen molar-refractivity contribution in [1.82, 2.24) is 4.90 Å². The number of carbonyl (C=O) groups is 4. The highest BCUT2D eigenvalue weighted by Gasteiger charge is 2.71. The van der Waals surface area contributed by atoms with Crippen LogP contribution in [0.2, 0.25) is 0 Å². The van der Waals surface area contributed by atoms with Gasteiger partial charge in [0.05, 0.1) is 17.9 Å². The lowest BCUT2D eigenvalue weighted by Gasteiger charge is -2.72. The number of hydrogen-bond acceptors (Lipinski definition) is 6. The van der Waals surface area contributed by atoms with Crippen LogP contribution in [0.3, 0.4) is 0 Å². The molecule has 5 aliphatic rings. The Morgan fingerprint density at radius 2 is 1.57 bits per heavy atom. The van der Waals surface area contributed by atoms with Crippen LogP contribution in [0.1, 0.15) is 137 Å². The zero-order valence-corrected chi connectivity index (χ0v) is 34.0. The quantitative estimate of drug-likeness (QED) is 0.244. The molecule has 53 heavy (non-hydrogen) atoms. The predicted octanol–water partition coefficient (Wildman–Crippen LogP) is 8.51. The summed E-state index contributed by atoms with van der Waals surface area (Å²) in [5.74, 6) is -0.382. The number of esters is 1. The van der Waals surface area contributed by atoms with Crippen molar-refractivity contribution in [2.75, 3.05) is 13.6 Å². The van der Waals surface area contributed by atoms with E-state index in [0.29, 0.717) is 23.8 Å². The van der Waals surface area contributed by atoms with Crippen molar-refractivity contribution in [1.29, 1.82) is 0 Å². The standard InChI is InChI=1S/C45H65NO7/c1-27(2)36-30(47)24-45(33(48)26-46(10)38(50)28-14-12-11-13-15-28)23-22-43(8)29(37(36)45)16-17-32-42(7)20-19-34(53-35(49)25-40(3,4)39(51)52)41(5,6)31(42)18-21-44(32,43)9/h11-15,27,29,31-34,48H,16-26H2,1-10H3,(H,51,52)/t29?,31-,32+,33-,34-,42?,43+,44+,45-/m0/s1. The topological polar surface area (TPSA) is 121 Å². The second-order valence-corrected chi connectivity index (χ2v) is 20.1. The largest absolute Gasteiger partial charge is 0.481 e. The number of aliphatic hydroxyl groups excluding tert-OH is 1. The Kier molecular flexibility index (Phi) is 9.99. The van der Waals surface area contributed by atoms with E-state index in [1.807, 2.05) is 18.2 Å². The maximum absolute atomic E-state index is 14.1. The van der Waals surface area contributed by atoms with Gasteiger partial charge in [-0.1, -0.05) is 72.2 Å². The van der Waals surface area contributed by atoms with E-state index in [9.17, 15) is 29.4 Å². The molecule has 2 unspecified atom stereocenters. The number of ether oxygens (including phenoxy) is 1. The van der Waals surface area contributed by atoms with Crippen molar-refractivity contribution in [2.45, 2.75) is 139 Å². The van der Waals surface area contributed by atoms with E-state index in [0.717, 1.165) is 56.9 Å². The van der Waals surface area contributed by atoms with Crippen LogP contribution < -0.4 is 0 Å². The zero-order valence-electron chi connectivity index (χ0n) is 34.0. The van der Waals surface area contributed by atoms with Gasteiger partial charge in [0.15, 0.2) is 5.78 Å². The number of carboxylic acids is 1. The van der Waals surface area contributed by atoms with Crippen LogP contribution in [0, 0.1) is 56.2 Å². The summed E-state index contributed by atoms with van der Waals surface area (Å²) in [5.41, 5.74) is 0.556. The van der Waals surface area contributed by atoms with Gasteiger partial charge in [0.1, 0.15) is 6.10 Å². The number of carbonyl (C=O) groups excluding carboxylic acids is 3. The SMILES string of the molecule is CC(C)C1=C2C3CC[C@@H]4C5(C)CC[C@H](OC(=O)CC(C)(C)C(=O)O)C(C)(C)[C@@H]5CC[C@@]4(C)[C@]3(C)CC[C@@]2([C@@H](O)CN(C)C(=O)c2ccccc2)CC1=O. The fourth-order valence-corrected chi connectivity index (χ4v) is 13.2. The van der Waals surface area contributed by atoms with Gasteiger partial charge in [-0.2, -0.15) is 0 Å². The first-order chi connectivity index (χ1) is 24.6. The monoisotopic (exact) mass is 731 g/mol. The van der Waals surface area contributed by atoms with Crippen molar-refractivity contribution in [3.63, 3.8) is 0 Å². The van der Waals surface area contributed by atoms with Crippen LogP contribution in [-0.4, -0.2) is 64.5 Å². The highest BCUT2D eigenvalue weighted by molar-refractivity contribution is 6.01. The van der Waals surface area contributed by atoms with Crippen molar-refractivity contribution < 1.29 is 34.1 Å². The van der Waals surface area contributed by atoms with Gasteiger partial charge in [-0.15, -0.1) is 0 Å². The van der Waals surface area contributed by atoms with E-state index >= 15 is 0 Å². The first-order valence-electron chi connectivity index (χ1n) is 20.3. The van der Waals surface area contributed by atoms with Crippen molar-refractivity contribution in [3.8, 4) is 0 Å². The van der Waals surface area contributed by atoms with Crippen LogP contribution in [0.4, 0.5) is 0 Å². The number of carboxylic acid groups (broad SMARTS) is 1. The van der Waals surface area contributed by atoms with E-state index < -0.39 is 28.9 Å². The maximum Gasteiger partial charge on any atom is 0.309 e. The number of nitrogens with zero attached hydrogens (tertiary/aromatic N) is 1. The van der Waals surface area contributed by atoms with Gasteiger partial charge in [-0.05, 0) is 123 Å². The van der Waals surface area contributed by atoms with E-state index in [2.05, 4.69) is 48.5 Å². The average molecular weight is 732 g/mol. The van der Waals surface area contributed by atoms with E-state index in [-0.39, 0.29) is 64.3 Å². The minimum Gasteiger partial charge on any atom is -0.481 e. The molecule has 0 bridgehead atoms. The molecule has 0 spiro atoms. The third-order valence-corrected chi connectivity index (χ3v) is 16.3. The summed E-state index contributed by atoms with van der Waals surface area (Å²) in [4.78, 5) is 54.0. The minimum absolute atomic E-state index is 0.00414. The lowest BCUT2D eigenvalue weighted by atomic mass is 9.33. The number of aliphatic hydroxyl groups is 1. The van der Waals surface area contributed by atoms with Crippen LogP contribution in [-0.2, 0) is 19.1 Å². The Balaban J connectivity index is 1.28. The first kappa shape index (κ1) is 39.7. The molecular formula is C45H65NO7. The molecule has 0 heterocycles. The molecule has 4 saturated carbocycles. The van der Waals surface area contributed by atoms with Crippen LogP contribution in [0.5, 0.6) is 0 Å².